The quantitative estimate of drug-likeness (QED) is 0.757. The van der Waals surface area contributed by atoms with Gasteiger partial charge in [0.05, 0.1) is 19.3 Å². The molecule has 1 aromatic rings. The smallest absolute Gasteiger partial charge is 0.257 e. The Balaban J connectivity index is 2.00. The van der Waals surface area contributed by atoms with Crippen molar-refractivity contribution in [2.75, 3.05) is 33.4 Å². The lowest BCUT2D eigenvalue weighted by atomic mass is 10.1. The number of benzene rings is 1. The first-order chi connectivity index (χ1) is 10.2. The van der Waals surface area contributed by atoms with Gasteiger partial charge in [-0.3, -0.25) is 4.79 Å². The Kier molecular flexibility index (Phi) is 5.56. The van der Waals surface area contributed by atoms with Crippen molar-refractivity contribution in [1.82, 2.24) is 4.90 Å². The number of likely N-dealkylation sites (tertiary alicyclic amines) is 1. The van der Waals surface area contributed by atoms with Crippen LogP contribution in [-0.2, 0) is 4.74 Å². The van der Waals surface area contributed by atoms with Crippen LogP contribution in [0.2, 0.25) is 0 Å². The average molecular weight is 295 g/mol. The number of rotatable bonds is 6. The molecular weight excluding hydrogens is 273 g/mol. The number of methoxy groups -OCH3 is 1. The van der Waals surface area contributed by atoms with Crippen LogP contribution >= 0.6 is 0 Å². The van der Waals surface area contributed by atoms with Crippen LogP contribution in [0, 0.1) is 11.7 Å². The molecule has 21 heavy (non-hydrogen) atoms. The van der Waals surface area contributed by atoms with Crippen LogP contribution in [0.4, 0.5) is 4.39 Å². The number of hydrogen-bond donors (Lipinski definition) is 0. The third-order valence-electron chi connectivity index (χ3n) is 3.68. The zero-order valence-electron chi connectivity index (χ0n) is 12.6. The zero-order chi connectivity index (χ0) is 15.2. The maximum atomic E-state index is 13.7. The molecule has 0 spiro atoms. The SMILES string of the molecule is CCCOC[C@H]1CCN(C(=O)c2cccc(F)c2OC)C1. The van der Waals surface area contributed by atoms with Crippen LogP contribution in [0.3, 0.4) is 0 Å². The number of carbonyl (C=O) groups excluding carboxylic acids is 1. The Bertz CT molecular complexity index is 492. The molecule has 1 fully saturated rings. The van der Waals surface area contributed by atoms with E-state index >= 15 is 0 Å². The van der Waals surface area contributed by atoms with E-state index in [-0.39, 0.29) is 17.2 Å². The summed E-state index contributed by atoms with van der Waals surface area (Å²) in [5, 5.41) is 0. The lowest BCUT2D eigenvalue weighted by molar-refractivity contribution is 0.0750. The molecule has 1 atom stereocenters. The largest absolute Gasteiger partial charge is 0.493 e. The molecule has 1 heterocycles. The third kappa shape index (κ3) is 3.73. The standard InChI is InChI=1S/C16H22FNO3/c1-3-9-21-11-12-7-8-18(10-12)16(19)13-5-4-6-14(17)15(13)20-2/h4-6,12H,3,7-11H2,1-2H3/t12-/m0/s1. The van der Waals surface area contributed by atoms with Gasteiger partial charge in [0, 0.05) is 25.6 Å². The van der Waals surface area contributed by atoms with Gasteiger partial charge in [-0.05, 0) is 25.0 Å². The number of amides is 1. The van der Waals surface area contributed by atoms with Gasteiger partial charge >= 0.3 is 0 Å². The number of carbonyl (C=O) groups is 1. The molecule has 2 rings (SSSR count). The van der Waals surface area contributed by atoms with E-state index in [4.69, 9.17) is 9.47 Å². The predicted octanol–water partition coefficient (Wildman–Crippen LogP) is 2.72. The first-order valence-corrected chi connectivity index (χ1v) is 7.36. The van der Waals surface area contributed by atoms with Gasteiger partial charge in [0.25, 0.3) is 5.91 Å². The van der Waals surface area contributed by atoms with E-state index < -0.39 is 5.82 Å². The highest BCUT2D eigenvalue weighted by Crippen LogP contribution is 2.26. The van der Waals surface area contributed by atoms with E-state index in [2.05, 4.69) is 6.92 Å². The van der Waals surface area contributed by atoms with E-state index in [1.807, 2.05) is 0 Å². The van der Waals surface area contributed by atoms with Crippen LogP contribution in [0.25, 0.3) is 0 Å². The summed E-state index contributed by atoms with van der Waals surface area (Å²) < 4.78 is 24.2. The summed E-state index contributed by atoms with van der Waals surface area (Å²) in [6.45, 7) is 4.83. The van der Waals surface area contributed by atoms with E-state index in [0.29, 0.717) is 25.6 Å². The molecule has 1 aliphatic rings. The Hall–Kier alpha value is -1.62. The van der Waals surface area contributed by atoms with Crippen molar-refractivity contribution >= 4 is 5.91 Å². The minimum absolute atomic E-state index is 0.0215. The topological polar surface area (TPSA) is 38.8 Å². The average Bonchev–Trinajstić information content (AvgIpc) is 2.95. The summed E-state index contributed by atoms with van der Waals surface area (Å²) in [6.07, 6.45) is 1.92. The highest BCUT2D eigenvalue weighted by atomic mass is 19.1. The van der Waals surface area contributed by atoms with Crippen molar-refractivity contribution in [2.45, 2.75) is 19.8 Å². The molecular formula is C16H22FNO3. The molecule has 1 saturated heterocycles. The molecule has 1 aromatic carbocycles. The summed E-state index contributed by atoms with van der Waals surface area (Å²) in [4.78, 5) is 14.2. The molecule has 0 unspecified atom stereocenters. The fourth-order valence-corrected chi connectivity index (χ4v) is 2.60. The molecule has 0 bridgehead atoms. The summed E-state index contributed by atoms with van der Waals surface area (Å²) in [7, 11) is 1.38. The first kappa shape index (κ1) is 15.8. The van der Waals surface area contributed by atoms with Gasteiger partial charge in [0.1, 0.15) is 0 Å². The molecule has 0 saturated carbocycles. The van der Waals surface area contributed by atoms with Crippen molar-refractivity contribution in [3.05, 3.63) is 29.6 Å². The van der Waals surface area contributed by atoms with Crippen molar-refractivity contribution < 1.29 is 18.7 Å². The van der Waals surface area contributed by atoms with E-state index in [0.717, 1.165) is 19.4 Å². The summed E-state index contributed by atoms with van der Waals surface area (Å²) in [5.74, 6) is -0.303. The van der Waals surface area contributed by atoms with E-state index in [1.165, 1.54) is 19.2 Å². The monoisotopic (exact) mass is 295 g/mol. The van der Waals surface area contributed by atoms with Crippen LogP contribution in [0.5, 0.6) is 5.75 Å². The van der Waals surface area contributed by atoms with Crippen molar-refractivity contribution in [3.63, 3.8) is 0 Å². The van der Waals surface area contributed by atoms with Crippen LogP contribution in [0.15, 0.2) is 18.2 Å². The Morgan fingerprint density at radius 3 is 3.00 bits per heavy atom. The summed E-state index contributed by atoms with van der Waals surface area (Å²) in [5.41, 5.74) is 0.285. The lowest BCUT2D eigenvalue weighted by Crippen LogP contribution is -2.29. The van der Waals surface area contributed by atoms with Gasteiger partial charge < -0.3 is 14.4 Å². The maximum Gasteiger partial charge on any atom is 0.257 e. The van der Waals surface area contributed by atoms with Gasteiger partial charge in [-0.15, -0.1) is 0 Å². The molecule has 5 heteroatoms. The second-order valence-corrected chi connectivity index (χ2v) is 5.30. The van der Waals surface area contributed by atoms with Crippen LogP contribution < -0.4 is 4.74 Å². The van der Waals surface area contributed by atoms with Gasteiger partial charge in [0.15, 0.2) is 11.6 Å². The fraction of sp³-hybridized carbons (Fsp3) is 0.562. The van der Waals surface area contributed by atoms with Crippen molar-refractivity contribution in [1.29, 1.82) is 0 Å². The molecule has 0 aromatic heterocycles. The van der Waals surface area contributed by atoms with Crippen molar-refractivity contribution in [3.8, 4) is 5.75 Å². The second-order valence-electron chi connectivity index (χ2n) is 5.30. The molecule has 4 nitrogen and oxygen atoms in total. The van der Waals surface area contributed by atoms with Crippen molar-refractivity contribution in [2.24, 2.45) is 5.92 Å². The molecule has 0 radical (unpaired) electrons. The number of halogens is 1. The first-order valence-electron chi connectivity index (χ1n) is 7.36. The Morgan fingerprint density at radius 2 is 2.29 bits per heavy atom. The number of para-hydroxylation sites is 1. The maximum absolute atomic E-state index is 13.7. The molecule has 1 amide bonds. The summed E-state index contributed by atoms with van der Waals surface area (Å²) >= 11 is 0. The Labute approximate surface area is 124 Å². The third-order valence-corrected chi connectivity index (χ3v) is 3.68. The van der Waals surface area contributed by atoms with Crippen LogP contribution in [0.1, 0.15) is 30.1 Å². The highest BCUT2D eigenvalue weighted by molar-refractivity contribution is 5.97. The second kappa shape index (κ2) is 7.41. The lowest BCUT2D eigenvalue weighted by Gasteiger charge is -2.18. The van der Waals surface area contributed by atoms with E-state index in [9.17, 15) is 9.18 Å². The van der Waals surface area contributed by atoms with Gasteiger partial charge in [0.2, 0.25) is 0 Å². The normalized spacial score (nSPS) is 18.0. The fourth-order valence-electron chi connectivity index (χ4n) is 2.60. The minimum Gasteiger partial charge on any atom is -0.493 e. The molecule has 116 valence electrons. The van der Waals surface area contributed by atoms with Crippen LogP contribution in [-0.4, -0.2) is 44.2 Å². The predicted molar refractivity (Wildman–Crippen MR) is 78.1 cm³/mol. The van der Waals surface area contributed by atoms with Gasteiger partial charge in [-0.2, -0.15) is 0 Å². The molecule has 0 N–H and O–H groups in total. The minimum atomic E-state index is -0.509. The van der Waals surface area contributed by atoms with E-state index in [1.54, 1.807) is 11.0 Å². The number of hydrogen-bond acceptors (Lipinski definition) is 3. The zero-order valence-corrected chi connectivity index (χ0v) is 12.6. The van der Waals surface area contributed by atoms with Gasteiger partial charge in [-0.25, -0.2) is 4.39 Å². The summed E-state index contributed by atoms with van der Waals surface area (Å²) in [6, 6.07) is 4.43. The number of ether oxygens (including phenoxy) is 2. The molecule has 1 aliphatic heterocycles. The molecule has 0 aliphatic carbocycles. The van der Waals surface area contributed by atoms with Gasteiger partial charge in [-0.1, -0.05) is 13.0 Å². The highest BCUT2D eigenvalue weighted by Gasteiger charge is 2.29. The Morgan fingerprint density at radius 1 is 1.48 bits per heavy atom. The number of nitrogens with zero attached hydrogens (tertiary/aromatic N) is 1.